The summed E-state index contributed by atoms with van der Waals surface area (Å²) in [5.41, 5.74) is 9.68. The predicted octanol–water partition coefficient (Wildman–Crippen LogP) is 6.91. The molecule has 4 rings (SSSR count). The minimum atomic E-state index is 1.01. The van der Waals surface area contributed by atoms with Gasteiger partial charge in [0.1, 0.15) is 0 Å². The second-order valence-electron chi connectivity index (χ2n) is 6.78. The largest absolute Gasteiger partial charge is 0.311 e. The summed E-state index contributed by atoms with van der Waals surface area (Å²) in [6.07, 6.45) is 1.84. The molecule has 142 valence electrons. The second kappa shape index (κ2) is 8.89. The first-order chi connectivity index (χ1) is 14.3. The molecule has 0 aliphatic rings. The van der Waals surface area contributed by atoms with Gasteiger partial charge in [0, 0.05) is 17.1 Å². The molecule has 0 saturated heterocycles. The van der Waals surface area contributed by atoms with Gasteiger partial charge in [-0.3, -0.25) is 5.43 Å². The zero-order valence-corrected chi connectivity index (χ0v) is 16.4. The lowest BCUT2D eigenvalue weighted by molar-refractivity contribution is 1.28. The summed E-state index contributed by atoms with van der Waals surface area (Å²) in [5, 5.41) is 4.37. The number of aryl methyl sites for hydroxylation is 1. The van der Waals surface area contributed by atoms with Crippen LogP contribution >= 0.6 is 0 Å². The normalized spacial score (nSPS) is 10.8. The fourth-order valence-corrected chi connectivity index (χ4v) is 3.19. The molecule has 0 saturated carbocycles. The van der Waals surface area contributed by atoms with E-state index in [1.54, 1.807) is 0 Å². The Morgan fingerprint density at radius 1 is 0.621 bits per heavy atom. The number of benzene rings is 4. The number of hydrazone groups is 1. The highest BCUT2D eigenvalue weighted by atomic mass is 15.3. The standard InChI is InChI=1S/C26H23N3/c1-21-10-8-9-15-26(21)28-27-20-22-16-18-25(19-17-22)29(23-11-4-2-5-12-23)24-13-6-3-7-14-24/h2-20,28H,1H3/b27-20+. The molecule has 4 aromatic carbocycles. The topological polar surface area (TPSA) is 27.6 Å². The van der Waals surface area contributed by atoms with E-state index in [1.807, 2.05) is 36.5 Å². The van der Waals surface area contributed by atoms with Crippen LogP contribution in [-0.4, -0.2) is 6.21 Å². The van der Waals surface area contributed by atoms with E-state index in [0.717, 1.165) is 28.3 Å². The molecule has 3 heteroatoms. The summed E-state index contributed by atoms with van der Waals surface area (Å²) >= 11 is 0. The molecule has 1 N–H and O–H groups in total. The Morgan fingerprint density at radius 2 is 1.14 bits per heavy atom. The molecule has 0 unspecified atom stereocenters. The highest BCUT2D eigenvalue weighted by Gasteiger charge is 2.11. The zero-order chi connectivity index (χ0) is 19.9. The van der Waals surface area contributed by atoms with Gasteiger partial charge in [-0.05, 0) is 60.5 Å². The number of hydrogen-bond acceptors (Lipinski definition) is 3. The van der Waals surface area contributed by atoms with Gasteiger partial charge < -0.3 is 4.90 Å². The Morgan fingerprint density at radius 3 is 1.72 bits per heavy atom. The van der Waals surface area contributed by atoms with E-state index in [2.05, 4.69) is 101 Å². The first kappa shape index (κ1) is 18.5. The van der Waals surface area contributed by atoms with Crippen molar-refractivity contribution in [2.75, 3.05) is 10.3 Å². The first-order valence-electron chi connectivity index (χ1n) is 9.66. The molecule has 4 aromatic rings. The molecule has 0 fully saturated rings. The Labute approximate surface area is 172 Å². The summed E-state index contributed by atoms with van der Waals surface area (Å²) in [7, 11) is 0. The monoisotopic (exact) mass is 377 g/mol. The minimum absolute atomic E-state index is 1.01. The summed E-state index contributed by atoms with van der Waals surface area (Å²) in [4.78, 5) is 2.24. The van der Waals surface area contributed by atoms with Gasteiger partial charge >= 0.3 is 0 Å². The fraction of sp³-hybridized carbons (Fsp3) is 0.0385. The van der Waals surface area contributed by atoms with Gasteiger partial charge in [0.2, 0.25) is 0 Å². The van der Waals surface area contributed by atoms with Crippen molar-refractivity contribution in [3.05, 3.63) is 120 Å². The maximum Gasteiger partial charge on any atom is 0.0590 e. The van der Waals surface area contributed by atoms with Crippen LogP contribution in [-0.2, 0) is 0 Å². The van der Waals surface area contributed by atoms with Crippen LogP contribution in [0.5, 0.6) is 0 Å². The van der Waals surface area contributed by atoms with Crippen LogP contribution in [0, 0.1) is 6.92 Å². The van der Waals surface area contributed by atoms with Crippen molar-refractivity contribution in [3.8, 4) is 0 Å². The summed E-state index contributed by atoms with van der Waals surface area (Å²) in [6.45, 7) is 2.06. The first-order valence-corrected chi connectivity index (χ1v) is 9.66. The molecular formula is C26H23N3. The third-order valence-corrected chi connectivity index (χ3v) is 4.72. The lowest BCUT2D eigenvalue weighted by Crippen LogP contribution is -2.09. The molecular weight excluding hydrogens is 354 g/mol. The van der Waals surface area contributed by atoms with Crippen LogP contribution in [0.3, 0.4) is 0 Å². The highest BCUT2D eigenvalue weighted by Crippen LogP contribution is 2.33. The summed E-state index contributed by atoms with van der Waals surface area (Å²) in [6, 6.07) is 37.3. The number of para-hydroxylation sites is 3. The molecule has 0 atom stereocenters. The van der Waals surface area contributed by atoms with Crippen molar-refractivity contribution in [1.29, 1.82) is 0 Å². The third-order valence-electron chi connectivity index (χ3n) is 4.72. The van der Waals surface area contributed by atoms with E-state index >= 15 is 0 Å². The minimum Gasteiger partial charge on any atom is -0.311 e. The average Bonchev–Trinajstić information content (AvgIpc) is 2.78. The molecule has 0 bridgehead atoms. The van der Waals surface area contributed by atoms with Crippen LogP contribution < -0.4 is 10.3 Å². The molecule has 0 aliphatic heterocycles. The van der Waals surface area contributed by atoms with Crippen LogP contribution in [0.25, 0.3) is 0 Å². The van der Waals surface area contributed by atoms with Gasteiger partial charge in [-0.1, -0.05) is 66.7 Å². The van der Waals surface area contributed by atoms with Gasteiger partial charge in [-0.15, -0.1) is 0 Å². The van der Waals surface area contributed by atoms with Crippen molar-refractivity contribution in [3.63, 3.8) is 0 Å². The third kappa shape index (κ3) is 4.53. The smallest absolute Gasteiger partial charge is 0.0590 e. The lowest BCUT2D eigenvalue weighted by Gasteiger charge is -2.25. The van der Waals surface area contributed by atoms with E-state index in [4.69, 9.17) is 0 Å². The summed E-state index contributed by atoms with van der Waals surface area (Å²) in [5.74, 6) is 0. The predicted molar refractivity (Wildman–Crippen MR) is 124 cm³/mol. The quantitative estimate of drug-likeness (QED) is 0.292. The molecule has 0 aliphatic carbocycles. The Hall–Kier alpha value is -3.85. The van der Waals surface area contributed by atoms with Crippen molar-refractivity contribution < 1.29 is 0 Å². The molecule has 29 heavy (non-hydrogen) atoms. The summed E-state index contributed by atoms with van der Waals surface area (Å²) < 4.78 is 0. The van der Waals surface area contributed by atoms with Gasteiger partial charge in [0.15, 0.2) is 0 Å². The van der Waals surface area contributed by atoms with E-state index in [-0.39, 0.29) is 0 Å². The maximum absolute atomic E-state index is 4.37. The number of nitrogens with one attached hydrogen (secondary N) is 1. The number of anilines is 4. The molecule has 0 amide bonds. The SMILES string of the molecule is Cc1ccccc1N/N=C/c1ccc(N(c2ccccc2)c2ccccc2)cc1. The van der Waals surface area contributed by atoms with Gasteiger partial charge in [0.05, 0.1) is 11.9 Å². The van der Waals surface area contributed by atoms with E-state index < -0.39 is 0 Å². The number of nitrogens with zero attached hydrogens (tertiary/aromatic N) is 2. The Balaban J connectivity index is 1.56. The molecule has 0 spiro atoms. The molecule has 0 aromatic heterocycles. The average molecular weight is 377 g/mol. The Kier molecular flexibility index (Phi) is 5.68. The van der Waals surface area contributed by atoms with Gasteiger partial charge in [-0.2, -0.15) is 5.10 Å². The van der Waals surface area contributed by atoms with Crippen molar-refractivity contribution >= 4 is 29.0 Å². The van der Waals surface area contributed by atoms with E-state index in [9.17, 15) is 0 Å². The molecule has 0 radical (unpaired) electrons. The van der Waals surface area contributed by atoms with Crippen LogP contribution in [0.2, 0.25) is 0 Å². The van der Waals surface area contributed by atoms with Crippen LogP contribution in [0.4, 0.5) is 22.7 Å². The fourth-order valence-electron chi connectivity index (χ4n) is 3.19. The van der Waals surface area contributed by atoms with Crippen molar-refractivity contribution in [2.24, 2.45) is 5.10 Å². The van der Waals surface area contributed by atoms with E-state index in [1.165, 1.54) is 5.56 Å². The Bertz CT molecular complexity index is 1030. The molecule has 3 nitrogen and oxygen atoms in total. The number of hydrogen-bond donors (Lipinski definition) is 1. The van der Waals surface area contributed by atoms with Crippen LogP contribution in [0.15, 0.2) is 114 Å². The van der Waals surface area contributed by atoms with Crippen LogP contribution in [0.1, 0.15) is 11.1 Å². The maximum atomic E-state index is 4.37. The van der Waals surface area contributed by atoms with Gasteiger partial charge in [0.25, 0.3) is 0 Å². The second-order valence-corrected chi connectivity index (χ2v) is 6.78. The highest BCUT2D eigenvalue weighted by molar-refractivity contribution is 5.83. The lowest BCUT2D eigenvalue weighted by atomic mass is 10.1. The van der Waals surface area contributed by atoms with Gasteiger partial charge in [-0.25, -0.2) is 0 Å². The van der Waals surface area contributed by atoms with Crippen molar-refractivity contribution in [1.82, 2.24) is 0 Å². The number of rotatable bonds is 6. The van der Waals surface area contributed by atoms with E-state index in [0.29, 0.717) is 0 Å². The zero-order valence-electron chi connectivity index (χ0n) is 16.4. The molecule has 0 heterocycles. The van der Waals surface area contributed by atoms with Crippen molar-refractivity contribution in [2.45, 2.75) is 6.92 Å².